The third kappa shape index (κ3) is 2.49. The molecule has 0 unspecified atom stereocenters. The number of hydrogen-bond donors (Lipinski definition) is 0. The molecule has 0 aliphatic carbocycles. The summed E-state index contributed by atoms with van der Waals surface area (Å²) in [5.41, 5.74) is 2.70. The maximum Gasteiger partial charge on any atom is 0.368 e. The van der Waals surface area contributed by atoms with Gasteiger partial charge in [-0.3, -0.25) is 0 Å². The van der Waals surface area contributed by atoms with Gasteiger partial charge in [0.1, 0.15) is 5.71 Å². The lowest BCUT2D eigenvalue weighted by molar-refractivity contribution is -0.136. The van der Waals surface area contributed by atoms with Gasteiger partial charge in [0.05, 0.1) is 5.57 Å². The second-order valence-corrected chi connectivity index (χ2v) is 4.73. The van der Waals surface area contributed by atoms with Crippen molar-refractivity contribution in [3.05, 3.63) is 76.3 Å². The van der Waals surface area contributed by atoms with Gasteiger partial charge in [-0.1, -0.05) is 59.2 Å². The zero-order chi connectivity index (χ0) is 13.9. The topological polar surface area (TPSA) is 38.7 Å². The van der Waals surface area contributed by atoms with Crippen molar-refractivity contribution in [3.8, 4) is 0 Å². The van der Waals surface area contributed by atoms with Crippen molar-refractivity contribution in [1.82, 2.24) is 0 Å². The van der Waals surface area contributed by atoms with Gasteiger partial charge in [-0.25, -0.2) is 4.79 Å². The van der Waals surface area contributed by atoms with Crippen molar-refractivity contribution in [2.45, 2.75) is 0 Å². The van der Waals surface area contributed by atoms with Gasteiger partial charge in [-0.2, -0.15) is 0 Å². The predicted octanol–water partition coefficient (Wildman–Crippen LogP) is 3.68. The Morgan fingerprint density at radius 2 is 1.70 bits per heavy atom. The average molecular weight is 284 g/mol. The van der Waals surface area contributed by atoms with Gasteiger partial charge in [-0.15, -0.1) is 0 Å². The molecule has 0 radical (unpaired) electrons. The van der Waals surface area contributed by atoms with E-state index in [0.29, 0.717) is 16.3 Å². The number of nitrogens with zero attached hydrogens (tertiary/aromatic N) is 1. The highest BCUT2D eigenvalue weighted by Gasteiger charge is 2.26. The van der Waals surface area contributed by atoms with Crippen molar-refractivity contribution in [3.63, 3.8) is 0 Å². The van der Waals surface area contributed by atoms with Crippen LogP contribution in [0.15, 0.2) is 65.3 Å². The summed E-state index contributed by atoms with van der Waals surface area (Å²) in [5, 5.41) is 4.51. The first-order valence-corrected chi connectivity index (χ1v) is 6.44. The van der Waals surface area contributed by atoms with Crippen LogP contribution in [0.1, 0.15) is 11.1 Å². The van der Waals surface area contributed by atoms with E-state index in [9.17, 15) is 4.79 Å². The summed E-state index contributed by atoms with van der Waals surface area (Å²) >= 11 is 5.85. The normalized spacial score (nSPS) is 16.1. The minimum Gasteiger partial charge on any atom is -0.312 e. The molecule has 20 heavy (non-hydrogen) atoms. The Kier molecular flexibility index (Phi) is 3.35. The molecule has 2 aromatic rings. The number of carbonyl (C=O) groups excluding carboxylic acids is 1. The fourth-order valence-electron chi connectivity index (χ4n) is 1.94. The number of carbonyl (C=O) groups is 1. The summed E-state index contributed by atoms with van der Waals surface area (Å²) in [6.07, 6.45) is 1.75. The zero-order valence-corrected chi connectivity index (χ0v) is 11.2. The Bertz CT molecular complexity index is 703. The maximum absolute atomic E-state index is 11.8. The summed E-state index contributed by atoms with van der Waals surface area (Å²) in [6, 6.07) is 16.7. The minimum absolute atomic E-state index is 0.443. The average Bonchev–Trinajstić information content (AvgIpc) is 2.84. The predicted molar refractivity (Wildman–Crippen MR) is 78.5 cm³/mol. The number of rotatable bonds is 2. The lowest BCUT2D eigenvalue weighted by Gasteiger charge is -2.00. The van der Waals surface area contributed by atoms with E-state index in [2.05, 4.69) is 5.16 Å². The first-order chi connectivity index (χ1) is 9.74. The van der Waals surface area contributed by atoms with Gasteiger partial charge in [0.15, 0.2) is 0 Å². The third-order valence-electron chi connectivity index (χ3n) is 2.92. The molecule has 2 aromatic carbocycles. The van der Waals surface area contributed by atoms with Crippen molar-refractivity contribution >= 4 is 29.4 Å². The summed E-state index contributed by atoms with van der Waals surface area (Å²) in [6.45, 7) is 0. The van der Waals surface area contributed by atoms with Gasteiger partial charge in [0.2, 0.25) is 0 Å². The molecule has 1 heterocycles. The smallest absolute Gasteiger partial charge is 0.312 e. The van der Waals surface area contributed by atoms with E-state index >= 15 is 0 Å². The molecule has 0 fully saturated rings. The van der Waals surface area contributed by atoms with E-state index in [1.807, 2.05) is 42.5 Å². The number of halogens is 1. The van der Waals surface area contributed by atoms with E-state index in [4.69, 9.17) is 16.4 Å². The standard InChI is InChI=1S/C16H10ClNO2/c17-13-8-6-11(7-9-13)10-14-15(18-20-16(14)19)12-4-2-1-3-5-12/h1-10H/b14-10+. The van der Waals surface area contributed by atoms with Gasteiger partial charge >= 0.3 is 5.97 Å². The molecule has 0 saturated carbocycles. The van der Waals surface area contributed by atoms with E-state index in [1.165, 1.54) is 0 Å². The van der Waals surface area contributed by atoms with Crippen LogP contribution in [0.25, 0.3) is 6.08 Å². The van der Waals surface area contributed by atoms with E-state index in [1.54, 1.807) is 18.2 Å². The molecular weight excluding hydrogens is 274 g/mol. The molecule has 0 N–H and O–H groups in total. The Morgan fingerprint density at radius 1 is 1.00 bits per heavy atom. The molecule has 0 amide bonds. The quantitative estimate of drug-likeness (QED) is 0.623. The molecule has 1 aliphatic heterocycles. The highest BCUT2D eigenvalue weighted by molar-refractivity contribution is 6.31. The molecule has 0 atom stereocenters. The highest BCUT2D eigenvalue weighted by Crippen LogP contribution is 2.21. The first kappa shape index (κ1) is 12.6. The van der Waals surface area contributed by atoms with Gasteiger partial charge in [0.25, 0.3) is 0 Å². The molecule has 0 bridgehead atoms. The molecule has 0 aromatic heterocycles. The molecule has 0 spiro atoms. The maximum atomic E-state index is 11.8. The minimum atomic E-state index is -0.446. The monoisotopic (exact) mass is 283 g/mol. The lowest BCUT2D eigenvalue weighted by Crippen LogP contribution is -2.06. The van der Waals surface area contributed by atoms with Gasteiger partial charge in [0, 0.05) is 10.6 Å². The number of benzene rings is 2. The fourth-order valence-corrected chi connectivity index (χ4v) is 2.07. The summed E-state index contributed by atoms with van der Waals surface area (Å²) in [4.78, 5) is 16.6. The van der Waals surface area contributed by atoms with Crippen molar-refractivity contribution in [2.75, 3.05) is 0 Å². The van der Waals surface area contributed by atoms with Crippen LogP contribution >= 0.6 is 11.6 Å². The molecule has 0 saturated heterocycles. The molecule has 1 aliphatic rings. The van der Waals surface area contributed by atoms with Crippen LogP contribution in [-0.4, -0.2) is 11.7 Å². The van der Waals surface area contributed by atoms with Crippen LogP contribution in [0.2, 0.25) is 5.02 Å². The molecular formula is C16H10ClNO2. The van der Waals surface area contributed by atoms with E-state index in [-0.39, 0.29) is 0 Å². The highest BCUT2D eigenvalue weighted by atomic mass is 35.5. The van der Waals surface area contributed by atoms with Gasteiger partial charge in [-0.05, 0) is 23.8 Å². The molecule has 3 nitrogen and oxygen atoms in total. The van der Waals surface area contributed by atoms with Crippen molar-refractivity contribution in [2.24, 2.45) is 5.16 Å². The Morgan fingerprint density at radius 3 is 2.40 bits per heavy atom. The summed E-state index contributed by atoms with van der Waals surface area (Å²) in [7, 11) is 0. The number of hydrogen-bond acceptors (Lipinski definition) is 3. The van der Waals surface area contributed by atoms with Crippen molar-refractivity contribution < 1.29 is 9.63 Å². The SMILES string of the molecule is O=C1ON=C(c2ccccc2)/C1=C\c1ccc(Cl)cc1. The van der Waals surface area contributed by atoms with Gasteiger partial charge < -0.3 is 4.84 Å². The second kappa shape index (κ2) is 5.31. The summed E-state index contributed by atoms with van der Waals surface area (Å²) in [5.74, 6) is -0.446. The lowest BCUT2D eigenvalue weighted by atomic mass is 10.0. The van der Waals surface area contributed by atoms with Crippen LogP contribution in [0, 0.1) is 0 Å². The molecule has 98 valence electrons. The van der Waals surface area contributed by atoms with E-state index < -0.39 is 5.97 Å². The third-order valence-corrected chi connectivity index (χ3v) is 3.18. The van der Waals surface area contributed by atoms with Crippen LogP contribution < -0.4 is 0 Å². The molecule has 4 heteroatoms. The Hall–Kier alpha value is -2.39. The van der Waals surface area contributed by atoms with E-state index in [0.717, 1.165) is 11.1 Å². The molecule has 3 rings (SSSR count). The zero-order valence-electron chi connectivity index (χ0n) is 10.4. The van der Waals surface area contributed by atoms with Crippen LogP contribution in [-0.2, 0) is 9.63 Å². The number of oxime groups is 1. The van der Waals surface area contributed by atoms with Crippen LogP contribution in [0.5, 0.6) is 0 Å². The fraction of sp³-hybridized carbons (Fsp3) is 0. The summed E-state index contributed by atoms with van der Waals surface area (Å²) < 4.78 is 0. The first-order valence-electron chi connectivity index (χ1n) is 6.06. The Balaban J connectivity index is 2.00. The largest absolute Gasteiger partial charge is 0.368 e. The van der Waals surface area contributed by atoms with Crippen LogP contribution in [0.3, 0.4) is 0 Å². The van der Waals surface area contributed by atoms with Crippen LogP contribution in [0.4, 0.5) is 0 Å². The Labute approximate surface area is 121 Å². The van der Waals surface area contributed by atoms with Crippen molar-refractivity contribution in [1.29, 1.82) is 0 Å². The second-order valence-electron chi connectivity index (χ2n) is 4.29.